The van der Waals surface area contributed by atoms with Crippen LogP contribution in [0, 0.1) is 11.8 Å². The summed E-state index contributed by atoms with van der Waals surface area (Å²) in [6.45, 7) is 7.01. The molecule has 1 aliphatic carbocycles. The van der Waals surface area contributed by atoms with E-state index in [0.29, 0.717) is 12.7 Å². The van der Waals surface area contributed by atoms with E-state index in [-0.39, 0.29) is 11.9 Å². The molecular weight excluding hydrogens is 486 g/mol. The van der Waals surface area contributed by atoms with E-state index in [4.69, 9.17) is 19.6 Å². The Bertz CT molecular complexity index is 1160. The first-order valence-corrected chi connectivity index (χ1v) is 14.7. The van der Waals surface area contributed by atoms with Gasteiger partial charge in [-0.3, -0.25) is 4.79 Å². The van der Waals surface area contributed by atoms with Gasteiger partial charge in [0, 0.05) is 44.0 Å². The molecule has 37 heavy (non-hydrogen) atoms. The molecule has 1 saturated carbocycles. The highest BCUT2D eigenvalue weighted by atomic mass is 32.1. The number of hydrogen-bond acceptors (Lipinski definition) is 8. The first-order chi connectivity index (χ1) is 18.2. The number of benzene rings is 1. The van der Waals surface area contributed by atoms with E-state index in [9.17, 15) is 4.79 Å². The first kappa shape index (κ1) is 24.7. The van der Waals surface area contributed by atoms with Gasteiger partial charge >= 0.3 is 5.97 Å². The van der Waals surface area contributed by atoms with Gasteiger partial charge in [-0.05, 0) is 63.5 Å². The molecule has 1 aromatic carbocycles. The monoisotopic (exact) mass is 523 g/mol. The molecule has 2 saturated heterocycles. The fourth-order valence-electron chi connectivity index (χ4n) is 5.58. The van der Waals surface area contributed by atoms with Crippen molar-refractivity contribution in [2.45, 2.75) is 58.0 Å². The highest BCUT2D eigenvalue weighted by Gasteiger charge is 2.28. The Labute approximate surface area is 222 Å². The largest absolute Gasteiger partial charge is 0.466 e. The number of piperidine rings is 2. The topological polar surface area (TPSA) is 72.2 Å². The van der Waals surface area contributed by atoms with Crippen molar-refractivity contribution in [3.05, 3.63) is 30.5 Å². The molecule has 0 amide bonds. The van der Waals surface area contributed by atoms with E-state index in [0.717, 1.165) is 85.7 Å². The molecule has 3 aliphatic rings. The smallest absolute Gasteiger partial charge is 0.309 e. The van der Waals surface area contributed by atoms with Gasteiger partial charge in [0.1, 0.15) is 0 Å². The number of imidazole rings is 1. The second-order valence-corrected chi connectivity index (χ2v) is 11.5. The van der Waals surface area contributed by atoms with E-state index in [1.54, 1.807) is 11.3 Å². The maximum Gasteiger partial charge on any atom is 0.309 e. The van der Waals surface area contributed by atoms with E-state index in [2.05, 4.69) is 34.1 Å². The van der Waals surface area contributed by atoms with Gasteiger partial charge in [0.2, 0.25) is 10.1 Å². The zero-order valence-electron chi connectivity index (χ0n) is 21.7. The Morgan fingerprint density at radius 3 is 2.38 bits per heavy atom. The lowest BCUT2D eigenvalue weighted by Crippen LogP contribution is -2.37. The number of carbonyl (C=O) groups is 1. The lowest BCUT2D eigenvalue weighted by atomic mass is 9.86. The van der Waals surface area contributed by atoms with Crippen LogP contribution in [0.2, 0.25) is 0 Å². The average Bonchev–Trinajstić information content (AvgIpc) is 3.49. The fourth-order valence-corrected chi connectivity index (χ4v) is 6.51. The van der Waals surface area contributed by atoms with Crippen LogP contribution in [-0.4, -0.2) is 66.1 Å². The Balaban J connectivity index is 1.03. The summed E-state index contributed by atoms with van der Waals surface area (Å²) < 4.78 is 13.2. The number of nitrogens with zero attached hydrogens (tertiary/aromatic N) is 5. The van der Waals surface area contributed by atoms with Crippen LogP contribution in [0.4, 0.5) is 10.8 Å². The van der Waals surface area contributed by atoms with Crippen molar-refractivity contribution in [1.82, 2.24) is 14.6 Å². The molecule has 2 aromatic heterocycles. The van der Waals surface area contributed by atoms with E-state index in [1.165, 1.54) is 24.9 Å². The van der Waals surface area contributed by atoms with Gasteiger partial charge in [0.25, 0.3) is 0 Å². The Morgan fingerprint density at radius 2 is 1.73 bits per heavy atom. The zero-order chi connectivity index (χ0) is 25.2. The maximum atomic E-state index is 12.0. The summed E-state index contributed by atoms with van der Waals surface area (Å²) in [5.74, 6) is 0.761. The van der Waals surface area contributed by atoms with Gasteiger partial charge in [0.15, 0.2) is 0 Å². The van der Waals surface area contributed by atoms with Crippen LogP contribution in [0.1, 0.15) is 51.9 Å². The molecule has 8 nitrogen and oxygen atoms in total. The normalized spacial score (nSPS) is 19.9. The zero-order valence-corrected chi connectivity index (χ0v) is 22.5. The molecule has 9 heteroatoms. The maximum absolute atomic E-state index is 12.0. The molecule has 6 rings (SSSR count). The van der Waals surface area contributed by atoms with Gasteiger partial charge in [-0.1, -0.05) is 29.9 Å². The van der Waals surface area contributed by atoms with Gasteiger partial charge in [-0.25, -0.2) is 9.50 Å². The van der Waals surface area contributed by atoms with E-state index in [1.807, 2.05) is 17.6 Å². The molecule has 3 aromatic rings. The second-order valence-electron chi connectivity index (χ2n) is 10.6. The predicted octanol–water partition coefficient (Wildman–Crippen LogP) is 5.02. The van der Waals surface area contributed by atoms with Crippen molar-refractivity contribution in [2.24, 2.45) is 11.8 Å². The summed E-state index contributed by atoms with van der Waals surface area (Å²) in [4.78, 5) is 22.5. The van der Waals surface area contributed by atoms with Gasteiger partial charge in [-0.15, -0.1) is 5.10 Å². The summed E-state index contributed by atoms with van der Waals surface area (Å²) in [6, 6.07) is 8.76. The minimum atomic E-state index is -0.0653. The van der Waals surface area contributed by atoms with Crippen LogP contribution in [-0.2, 0) is 14.3 Å². The van der Waals surface area contributed by atoms with Gasteiger partial charge in [0.05, 0.1) is 30.5 Å². The molecule has 0 radical (unpaired) electrons. The molecule has 0 unspecified atom stereocenters. The number of anilines is 2. The number of carbonyl (C=O) groups excluding carboxylic acids is 1. The molecule has 3 fully saturated rings. The molecule has 0 bridgehead atoms. The molecule has 198 valence electrons. The van der Waals surface area contributed by atoms with Crippen LogP contribution in [0.25, 0.3) is 16.2 Å². The minimum Gasteiger partial charge on any atom is -0.466 e. The summed E-state index contributed by atoms with van der Waals surface area (Å²) in [5.41, 5.74) is 3.33. The van der Waals surface area contributed by atoms with Crippen molar-refractivity contribution in [3.63, 3.8) is 0 Å². The standard InChI is InChI=1S/C28H37N5O3S/c1-2-35-26(34)22-10-14-32(15-11-22)28-30-33-18-25(29-27(33)37-28)21-6-8-23(9-7-21)31-16-12-24(13-17-31)36-19-20-4-3-5-20/h6-9,18,20,22,24H,2-5,10-17,19H2,1H3. The quantitative estimate of drug-likeness (QED) is 0.384. The summed E-state index contributed by atoms with van der Waals surface area (Å²) in [5, 5.41) is 5.75. The van der Waals surface area contributed by atoms with E-state index < -0.39 is 0 Å². The van der Waals surface area contributed by atoms with Crippen LogP contribution in [0.15, 0.2) is 30.5 Å². The number of aromatic nitrogens is 3. The van der Waals surface area contributed by atoms with Crippen molar-refractivity contribution >= 4 is 33.1 Å². The van der Waals surface area contributed by atoms with Crippen molar-refractivity contribution in [3.8, 4) is 11.3 Å². The fraction of sp³-hybridized carbons (Fsp3) is 0.607. The number of esters is 1. The highest BCUT2D eigenvalue weighted by molar-refractivity contribution is 7.20. The van der Waals surface area contributed by atoms with Crippen molar-refractivity contribution in [2.75, 3.05) is 49.2 Å². The summed E-state index contributed by atoms with van der Waals surface area (Å²) >= 11 is 1.61. The number of ether oxygens (including phenoxy) is 2. The van der Waals surface area contributed by atoms with Gasteiger partial charge in [-0.2, -0.15) is 0 Å². The molecular formula is C28H37N5O3S. The first-order valence-electron chi connectivity index (χ1n) is 13.9. The number of fused-ring (bicyclic) bond motifs is 1. The summed E-state index contributed by atoms with van der Waals surface area (Å²) in [6.07, 6.45) is 10.4. The average molecular weight is 524 g/mol. The number of rotatable bonds is 8. The minimum absolute atomic E-state index is 0.00599. The SMILES string of the molecule is CCOC(=O)C1CCN(c2nn3cc(-c4ccc(N5CCC(OCC6CCC6)CC5)cc4)nc3s2)CC1. The molecule has 0 atom stereocenters. The lowest BCUT2D eigenvalue weighted by Gasteiger charge is -2.35. The second kappa shape index (κ2) is 11.0. The van der Waals surface area contributed by atoms with E-state index >= 15 is 0 Å². The van der Waals surface area contributed by atoms with Gasteiger partial charge < -0.3 is 19.3 Å². The third-order valence-electron chi connectivity index (χ3n) is 8.18. The third kappa shape index (κ3) is 5.48. The molecule has 4 heterocycles. The lowest BCUT2D eigenvalue weighted by molar-refractivity contribution is -0.148. The van der Waals surface area contributed by atoms with Crippen LogP contribution >= 0.6 is 11.3 Å². The predicted molar refractivity (Wildman–Crippen MR) is 146 cm³/mol. The van der Waals surface area contributed by atoms with Crippen LogP contribution in [0.3, 0.4) is 0 Å². The summed E-state index contributed by atoms with van der Waals surface area (Å²) in [7, 11) is 0. The van der Waals surface area contributed by atoms with Crippen LogP contribution in [0.5, 0.6) is 0 Å². The van der Waals surface area contributed by atoms with Crippen molar-refractivity contribution < 1.29 is 14.3 Å². The highest BCUT2D eigenvalue weighted by Crippen LogP contribution is 2.32. The molecule has 0 spiro atoms. The molecule has 0 N–H and O–H groups in total. The Kier molecular flexibility index (Phi) is 7.33. The molecule has 2 aliphatic heterocycles. The van der Waals surface area contributed by atoms with Crippen LogP contribution < -0.4 is 9.80 Å². The number of hydrogen-bond donors (Lipinski definition) is 0. The Morgan fingerprint density at radius 1 is 1.00 bits per heavy atom. The Hall–Kier alpha value is -2.65. The third-order valence-corrected chi connectivity index (χ3v) is 9.16. The van der Waals surface area contributed by atoms with Crippen molar-refractivity contribution in [1.29, 1.82) is 0 Å².